The highest BCUT2D eigenvalue weighted by molar-refractivity contribution is 5.90. The summed E-state index contributed by atoms with van der Waals surface area (Å²) in [6, 6.07) is 0. The highest BCUT2D eigenvalue weighted by Gasteiger charge is 2.48. The van der Waals surface area contributed by atoms with Crippen molar-refractivity contribution in [2.24, 2.45) is 5.92 Å². The van der Waals surface area contributed by atoms with E-state index in [-0.39, 0.29) is 17.1 Å². The molecule has 0 amide bonds. The molecule has 17 heavy (non-hydrogen) atoms. The molecule has 3 aliphatic rings. The van der Waals surface area contributed by atoms with Crippen molar-refractivity contribution in [3.05, 3.63) is 0 Å². The Balaban J connectivity index is 1.69. The molecule has 1 spiro atoms. The molecule has 0 radical (unpaired) electrons. The lowest BCUT2D eigenvalue weighted by Gasteiger charge is -2.47. The fourth-order valence-corrected chi connectivity index (χ4v) is 3.73. The molecule has 0 bridgehead atoms. The summed E-state index contributed by atoms with van der Waals surface area (Å²) in [4.78, 5) is 12.6. The second-order valence-corrected chi connectivity index (χ2v) is 6.30. The molecule has 3 nitrogen and oxygen atoms in total. The van der Waals surface area contributed by atoms with Crippen LogP contribution in [0.15, 0.2) is 0 Å². The standard InChI is InChI=1S/C14H23NO2/c1-13(5-3-8-15-13)12(16)11-4-9-17-14(10-11)6-2-7-14/h11,15H,2-10H2,1H3. The van der Waals surface area contributed by atoms with Crippen LogP contribution in [0, 0.1) is 5.92 Å². The van der Waals surface area contributed by atoms with Gasteiger partial charge in [0.1, 0.15) is 0 Å². The van der Waals surface area contributed by atoms with E-state index in [0.29, 0.717) is 5.78 Å². The fraction of sp³-hybridized carbons (Fsp3) is 0.929. The molecule has 0 aromatic carbocycles. The van der Waals surface area contributed by atoms with Gasteiger partial charge in [-0.1, -0.05) is 0 Å². The molecule has 2 saturated heterocycles. The third kappa shape index (κ3) is 1.93. The zero-order chi connectivity index (χ0) is 11.9. The van der Waals surface area contributed by atoms with Crippen LogP contribution in [0.25, 0.3) is 0 Å². The minimum Gasteiger partial charge on any atom is -0.375 e. The van der Waals surface area contributed by atoms with Gasteiger partial charge in [0.15, 0.2) is 5.78 Å². The lowest BCUT2D eigenvalue weighted by molar-refractivity contribution is -0.158. The predicted octanol–water partition coefficient (Wildman–Crippen LogP) is 2.05. The van der Waals surface area contributed by atoms with Gasteiger partial charge in [-0.15, -0.1) is 0 Å². The number of rotatable bonds is 2. The van der Waals surface area contributed by atoms with Crippen LogP contribution in [-0.4, -0.2) is 30.1 Å². The number of hydrogen-bond acceptors (Lipinski definition) is 3. The number of carbonyl (C=O) groups is 1. The molecular formula is C14H23NO2. The van der Waals surface area contributed by atoms with Gasteiger partial charge in [-0.05, 0) is 58.4 Å². The first-order valence-corrected chi connectivity index (χ1v) is 7.07. The largest absolute Gasteiger partial charge is 0.375 e. The van der Waals surface area contributed by atoms with E-state index in [9.17, 15) is 4.79 Å². The van der Waals surface area contributed by atoms with Crippen LogP contribution < -0.4 is 5.32 Å². The van der Waals surface area contributed by atoms with Crippen LogP contribution in [-0.2, 0) is 9.53 Å². The monoisotopic (exact) mass is 237 g/mol. The number of nitrogens with one attached hydrogen (secondary N) is 1. The molecule has 3 rings (SSSR count). The highest BCUT2D eigenvalue weighted by atomic mass is 16.5. The fourth-order valence-electron chi connectivity index (χ4n) is 3.73. The van der Waals surface area contributed by atoms with E-state index in [1.165, 1.54) is 19.3 Å². The van der Waals surface area contributed by atoms with Gasteiger partial charge in [0, 0.05) is 12.5 Å². The van der Waals surface area contributed by atoms with Gasteiger partial charge in [0.2, 0.25) is 0 Å². The van der Waals surface area contributed by atoms with E-state index >= 15 is 0 Å². The average Bonchev–Trinajstić information content (AvgIpc) is 2.75. The van der Waals surface area contributed by atoms with Crippen LogP contribution in [0.4, 0.5) is 0 Å². The van der Waals surface area contributed by atoms with E-state index in [4.69, 9.17) is 4.74 Å². The summed E-state index contributed by atoms with van der Waals surface area (Å²) in [7, 11) is 0. The Morgan fingerprint density at radius 1 is 1.29 bits per heavy atom. The summed E-state index contributed by atoms with van der Waals surface area (Å²) >= 11 is 0. The molecule has 1 N–H and O–H groups in total. The maximum absolute atomic E-state index is 12.6. The number of hydrogen-bond donors (Lipinski definition) is 1. The number of Topliss-reactive ketones (excluding diaryl/α,β-unsaturated/α-hetero) is 1. The molecule has 1 aliphatic carbocycles. The maximum Gasteiger partial charge on any atom is 0.155 e. The van der Waals surface area contributed by atoms with Crippen molar-refractivity contribution in [3.8, 4) is 0 Å². The number of ketones is 1. The van der Waals surface area contributed by atoms with Crippen LogP contribution in [0.1, 0.15) is 51.9 Å². The number of carbonyl (C=O) groups excluding carboxylic acids is 1. The Morgan fingerprint density at radius 3 is 2.71 bits per heavy atom. The Morgan fingerprint density at radius 2 is 2.12 bits per heavy atom. The van der Waals surface area contributed by atoms with Crippen molar-refractivity contribution in [2.75, 3.05) is 13.2 Å². The molecule has 2 aliphatic heterocycles. The Hall–Kier alpha value is -0.410. The van der Waals surface area contributed by atoms with Gasteiger partial charge in [-0.25, -0.2) is 0 Å². The molecule has 2 atom stereocenters. The summed E-state index contributed by atoms with van der Waals surface area (Å²) in [5.41, 5.74) is -0.152. The molecule has 3 fully saturated rings. The van der Waals surface area contributed by atoms with Gasteiger partial charge >= 0.3 is 0 Å². The van der Waals surface area contributed by atoms with Crippen molar-refractivity contribution in [3.63, 3.8) is 0 Å². The van der Waals surface area contributed by atoms with Crippen LogP contribution in [0.5, 0.6) is 0 Å². The van der Waals surface area contributed by atoms with Gasteiger partial charge in [-0.3, -0.25) is 4.79 Å². The second kappa shape index (κ2) is 4.06. The maximum atomic E-state index is 12.6. The molecular weight excluding hydrogens is 214 g/mol. The first-order valence-electron chi connectivity index (χ1n) is 7.07. The molecule has 0 aromatic rings. The van der Waals surface area contributed by atoms with Gasteiger partial charge in [0.25, 0.3) is 0 Å². The van der Waals surface area contributed by atoms with E-state index in [2.05, 4.69) is 12.2 Å². The third-order valence-electron chi connectivity index (χ3n) is 5.04. The van der Waals surface area contributed by atoms with Crippen molar-refractivity contribution in [1.29, 1.82) is 0 Å². The SMILES string of the molecule is CC1(C(=O)C2CCOC3(CCC3)C2)CCCN1. The molecule has 1 saturated carbocycles. The summed E-state index contributed by atoms with van der Waals surface area (Å²) in [5.74, 6) is 0.684. The summed E-state index contributed by atoms with van der Waals surface area (Å²) in [6.45, 7) is 3.87. The molecule has 2 heterocycles. The van der Waals surface area contributed by atoms with Gasteiger partial charge in [0.05, 0.1) is 11.1 Å². The minimum absolute atomic E-state index is 0.0908. The predicted molar refractivity (Wildman–Crippen MR) is 65.9 cm³/mol. The van der Waals surface area contributed by atoms with Crippen LogP contribution >= 0.6 is 0 Å². The second-order valence-electron chi connectivity index (χ2n) is 6.30. The van der Waals surface area contributed by atoms with Crippen molar-refractivity contribution in [2.45, 2.75) is 63.0 Å². The van der Waals surface area contributed by atoms with Gasteiger partial charge in [-0.2, -0.15) is 0 Å². The Kier molecular flexibility index (Phi) is 2.79. The van der Waals surface area contributed by atoms with E-state index in [0.717, 1.165) is 38.8 Å². The van der Waals surface area contributed by atoms with E-state index < -0.39 is 0 Å². The number of ether oxygens (including phenoxy) is 1. The Bertz CT molecular complexity index is 316. The van der Waals surface area contributed by atoms with Crippen molar-refractivity contribution in [1.82, 2.24) is 5.32 Å². The summed E-state index contributed by atoms with van der Waals surface area (Å²) < 4.78 is 5.90. The summed E-state index contributed by atoms with van der Waals surface area (Å²) in [6.07, 6.45) is 7.66. The van der Waals surface area contributed by atoms with E-state index in [1.54, 1.807) is 0 Å². The van der Waals surface area contributed by atoms with Crippen LogP contribution in [0.3, 0.4) is 0 Å². The van der Waals surface area contributed by atoms with Crippen LogP contribution in [0.2, 0.25) is 0 Å². The lowest BCUT2D eigenvalue weighted by Crippen LogP contribution is -2.53. The smallest absolute Gasteiger partial charge is 0.155 e. The molecule has 0 aromatic heterocycles. The first kappa shape index (κ1) is 11.7. The van der Waals surface area contributed by atoms with E-state index in [1.807, 2.05) is 0 Å². The van der Waals surface area contributed by atoms with Crippen molar-refractivity contribution >= 4 is 5.78 Å². The zero-order valence-corrected chi connectivity index (χ0v) is 10.8. The third-order valence-corrected chi connectivity index (χ3v) is 5.04. The topological polar surface area (TPSA) is 38.3 Å². The lowest BCUT2D eigenvalue weighted by atomic mass is 9.69. The zero-order valence-electron chi connectivity index (χ0n) is 10.8. The molecule has 3 heteroatoms. The molecule has 2 unspecified atom stereocenters. The minimum atomic E-state index is -0.243. The van der Waals surface area contributed by atoms with Crippen molar-refractivity contribution < 1.29 is 9.53 Å². The van der Waals surface area contributed by atoms with Gasteiger partial charge < -0.3 is 10.1 Å². The first-order chi connectivity index (χ1) is 8.14. The normalized spacial score (nSPS) is 40.2. The average molecular weight is 237 g/mol. The summed E-state index contributed by atoms with van der Waals surface area (Å²) in [5, 5.41) is 3.40. The quantitative estimate of drug-likeness (QED) is 0.799. The highest BCUT2D eigenvalue weighted by Crippen LogP contribution is 2.45. The molecule has 96 valence electrons. The Labute approximate surface area is 103 Å².